The molecule has 2 aliphatic heterocycles. The first kappa shape index (κ1) is 15.2. The van der Waals surface area contributed by atoms with Crippen molar-refractivity contribution in [1.29, 1.82) is 0 Å². The molecular weight excluding hydrogens is 284 g/mol. The number of nitrogens with zero attached hydrogens (tertiary/aromatic N) is 2. The molecule has 1 aromatic rings. The number of benzene rings is 1. The molecule has 4 rings (SSSR count). The van der Waals surface area contributed by atoms with Crippen LogP contribution in [0.25, 0.3) is 0 Å². The molecule has 3 nitrogen and oxygen atoms in total. The van der Waals surface area contributed by atoms with Crippen molar-refractivity contribution >= 4 is 5.91 Å². The Kier molecular flexibility index (Phi) is 3.92. The first-order valence-electron chi connectivity index (χ1n) is 9.26. The molecule has 3 fully saturated rings. The molecule has 124 valence electrons. The second kappa shape index (κ2) is 5.94. The third-order valence-electron chi connectivity index (χ3n) is 6.70. The average molecular weight is 312 g/mol. The van der Waals surface area contributed by atoms with E-state index in [4.69, 9.17) is 0 Å². The standard InChI is InChI=1S/C20H28N2O/c1-21-19(23)18(16-7-3-2-4-8-16)15-20(21)11-13-22(14-12-20)17-9-5-6-10-17/h2-4,7-8,17-18H,5-6,9-15H2,1H3. The fourth-order valence-electron chi connectivity index (χ4n) is 5.13. The quantitative estimate of drug-likeness (QED) is 0.835. The largest absolute Gasteiger partial charge is 0.339 e. The fraction of sp³-hybridized carbons (Fsp3) is 0.650. The van der Waals surface area contributed by atoms with E-state index in [2.05, 4.69) is 34.1 Å². The number of carbonyl (C=O) groups excluding carboxylic acids is 1. The molecule has 0 aromatic heterocycles. The first-order chi connectivity index (χ1) is 11.2. The number of carbonyl (C=O) groups is 1. The topological polar surface area (TPSA) is 23.6 Å². The van der Waals surface area contributed by atoms with Crippen LogP contribution in [-0.4, -0.2) is 47.4 Å². The fourth-order valence-corrected chi connectivity index (χ4v) is 5.13. The molecular formula is C20H28N2O. The Balaban J connectivity index is 1.48. The summed E-state index contributed by atoms with van der Waals surface area (Å²) in [6.45, 7) is 2.34. The minimum Gasteiger partial charge on any atom is -0.339 e. The molecule has 0 radical (unpaired) electrons. The van der Waals surface area contributed by atoms with Crippen LogP contribution < -0.4 is 0 Å². The van der Waals surface area contributed by atoms with Crippen LogP contribution in [0.4, 0.5) is 0 Å². The van der Waals surface area contributed by atoms with Gasteiger partial charge in [-0.3, -0.25) is 4.79 Å². The lowest BCUT2D eigenvalue weighted by Gasteiger charge is -2.45. The first-order valence-corrected chi connectivity index (χ1v) is 9.26. The normalized spacial score (nSPS) is 28.8. The Hall–Kier alpha value is -1.35. The molecule has 2 saturated heterocycles. The number of likely N-dealkylation sites (tertiary alicyclic amines) is 2. The van der Waals surface area contributed by atoms with E-state index in [9.17, 15) is 4.79 Å². The SMILES string of the molecule is CN1C(=O)C(c2ccccc2)CC12CCN(C1CCCC1)CC2. The Bertz CT molecular complexity index is 556. The lowest BCUT2D eigenvalue weighted by Crippen LogP contribution is -2.53. The molecule has 1 saturated carbocycles. The second-order valence-electron chi connectivity index (χ2n) is 7.76. The summed E-state index contributed by atoms with van der Waals surface area (Å²) in [6.07, 6.45) is 8.87. The van der Waals surface area contributed by atoms with Gasteiger partial charge in [0.2, 0.25) is 5.91 Å². The van der Waals surface area contributed by atoms with Crippen LogP contribution in [0.1, 0.15) is 56.4 Å². The van der Waals surface area contributed by atoms with Gasteiger partial charge in [-0.1, -0.05) is 43.2 Å². The van der Waals surface area contributed by atoms with E-state index in [1.54, 1.807) is 0 Å². The summed E-state index contributed by atoms with van der Waals surface area (Å²) in [6, 6.07) is 11.2. The lowest BCUT2D eigenvalue weighted by molar-refractivity contribution is -0.131. The van der Waals surface area contributed by atoms with Gasteiger partial charge in [-0.25, -0.2) is 0 Å². The predicted octanol–water partition coefficient (Wildman–Crippen LogP) is 3.41. The molecule has 1 atom stereocenters. The molecule has 3 heteroatoms. The van der Waals surface area contributed by atoms with E-state index in [-0.39, 0.29) is 11.5 Å². The zero-order valence-electron chi connectivity index (χ0n) is 14.2. The molecule has 3 aliphatic rings. The molecule has 23 heavy (non-hydrogen) atoms. The third kappa shape index (κ3) is 2.59. The van der Waals surface area contributed by atoms with Crippen molar-refractivity contribution in [3.8, 4) is 0 Å². The summed E-state index contributed by atoms with van der Waals surface area (Å²) in [7, 11) is 2.04. The molecule has 1 spiro atoms. The smallest absolute Gasteiger partial charge is 0.230 e. The van der Waals surface area contributed by atoms with Gasteiger partial charge in [0.15, 0.2) is 0 Å². The monoisotopic (exact) mass is 312 g/mol. The van der Waals surface area contributed by atoms with Crippen molar-refractivity contribution < 1.29 is 4.79 Å². The highest BCUT2D eigenvalue weighted by Gasteiger charge is 2.50. The molecule has 1 aliphatic carbocycles. The number of piperidine rings is 1. The summed E-state index contributed by atoms with van der Waals surface area (Å²) in [5.74, 6) is 0.393. The second-order valence-corrected chi connectivity index (χ2v) is 7.76. The molecule has 1 unspecified atom stereocenters. The van der Waals surface area contributed by atoms with Gasteiger partial charge in [0.25, 0.3) is 0 Å². The van der Waals surface area contributed by atoms with Crippen LogP contribution in [0.3, 0.4) is 0 Å². The molecule has 0 N–H and O–H groups in total. The maximum atomic E-state index is 12.8. The van der Waals surface area contributed by atoms with Crippen molar-refractivity contribution in [3.05, 3.63) is 35.9 Å². The van der Waals surface area contributed by atoms with E-state index < -0.39 is 0 Å². The maximum absolute atomic E-state index is 12.8. The van der Waals surface area contributed by atoms with E-state index in [0.29, 0.717) is 5.91 Å². The summed E-state index contributed by atoms with van der Waals surface area (Å²) in [5.41, 5.74) is 1.30. The van der Waals surface area contributed by atoms with Crippen molar-refractivity contribution in [2.24, 2.45) is 0 Å². The lowest BCUT2D eigenvalue weighted by atomic mass is 9.81. The van der Waals surface area contributed by atoms with E-state index >= 15 is 0 Å². The number of hydrogen-bond donors (Lipinski definition) is 0. The van der Waals surface area contributed by atoms with Gasteiger partial charge in [-0.2, -0.15) is 0 Å². The summed E-state index contributed by atoms with van der Waals surface area (Å²) in [5, 5.41) is 0. The molecule has 2 heterocycles. The Morgan fingerprint density at radius 2 is 1.70 bits per heavy atom. The minimum absolute atomic E-state index is 0.0687. The molecule has 0 bridgehead atoms. The number of hydrogen-bond acceptors (Lipinski definition) is 2. The average Bonchev–Trinajstić information content (AvgIpc) is 3.21. The van der Waals surface area contributed by atoms with E-state index in [0.717, 1.165) is 25.3 Å². The van der Waals surface area contributed by atoms with Crippen molar-refractivity contribution in [2.75, 3.05) is 20.1 Å². The van der Waals surface area contributed by atoms with Gasteiger partial charge < -0.3 is 9.80 Å². The van der Waals surface area contributed by atoms with Crippen LogP contribution in [0.5, 0.6) is 0 Å². The van der Waals surface area contributed by atoms with Crippen molar-refractivity contribution in [3.63, 3.8) is 0 Å². The molecule has 1 aromatic carbocycles. The van der Waals surface area contributed by atoms with Crippen LogP contribution in [-0.2, 0) is 4.79 Å². The third-order valence-corrected chi connectivity index (χ3v) is 6.70. The van der Waals surface area contributed by atoms with Gasteiger partial charge >= 0.3 is 0 Å². The summed E-state index contributed by atoms with van der Waals surface area (Å²) in [4.78, 5) is 17.6. The van der Waals surface area contributed by atoms with E-state index in [1.807, 2.05) is 13.1 Å². The number of amides is 1. The highest BCUT2D eigenvalue weighted by molar-refractivity contribution is 5.87. The highest BCUT2D eigenvalue weighted by Crippen LogP contribution is 2.45. The highest BCUT2D eigenvalue weighted by atomic mass is 16.2. The maximum Gasteiger partial charge on any atom is 0.230 e. The van der Waals surface area contributed by atoms with Gasteiger partial charge in [0.05, 0.1) is 5.92 Å². The van der Waals surface area contributed by atoms with E-state index in [1.165, 1.54) is 44.3 Å². The van der Waals surface area contributed by atoms with Gasteiger partial charge in [0, 0.05) is 31.7 Å². The zero-order chi connectivity index (χ0) is 15.9. The number of rotatable bonds is 2. The van der Waals surface area contributed by atoms with Crippen LogP contribution in [0.15, 0.2) is 30.3 Å². The summed E-state index contributed by atoms with van der Waals surface area (Å²) >= 11 is 0. The van der Waals surface area contributed by atoms with Crippen LogP contribution in [0.2, 0.25) is 0 Å². The minimum atomic E-state index is 0.0687. The zero-order valence-corrected chi connectivity index (χ0v) is 14.2. The van der Waals surface area contributed by atoms with Gasteiger partial charge in [0.1, 0.15) is 0 Å². The Labute approximate surface area is 139 Å². The Morgan fingerprint density at radius 3 is 2.35 bits per heavy atom. The van der Waals surface area contributed by atoms with Crippen molar-refractivity contribution in [2.45, 2.75) is 62.4 Å². The molecule has 1 amide bonds. The van der Waals surface area contributed by atoms with Crippen LogP contribution >= 0.6 is 0 Å². The Morgan fingerprint density at radius 1 is 1.04 bits per heavy atom. The van der Waals surface area contributed by atoms with Gasteiger partial charge in [-0.15, -0.1) is 0 Å². The number of likely N-dealkylation sites (N-methyl/N-ethyl adjacent to an activating group) is 1. The predicted molar refractivity (Wildman–Crippen MR) is 92.4 cm³/mol. The summed E-state index contributed by atoms with van der Waals surface area (Å²) < 4.78 is 0. The van der Waals surface area contributed by atoms with Gasteiger partial charge in [-0.05, 0) is 37.7 Å². The van der Waals surface area contributed by atoms with Crippen LogP contribution in [0, 0.1) is 0 Å². The van der Waals surface area contributed by atoms with Crippen molar-refractivity contribution in [1.82, 2.24) is 9.80 Å².